The van der Waals surface area contributed by atoms with Crippen molar-refractivity contribution in [3.8, 4) is 17.0 Å². The summed E-state index contributed by atoms with van der Waals surface area (Å²) >= 11 is 0. The first-order chi connectivity index (χ1) is 13.3. The number of nitrogens with one attached hydrogen (secondary N) is 1. The third-order valence-corrected chi connectivity index (χ3v) is 4.66. The summed E-state index contributed by atoms with van der Waals surface area (Å²) in [4.78, 5) is 13.6. The molecule has 1 N–H and O–H groups in total. The summed E-state index contributed by atoms with van der Waals surface area (Å²) in [6.07, 6.45) is 7.62. The monoisotopic (exact) mass is 355 g/mol. The second-order valence-corrected chi connectivity index (χ2v) is 6.37. The van der Waals surface area contributed by atoms with Crippen LogP contribution in [0.4, 0.5) is 11.5 Å². The Morgan fingerprint density at radius 3 is 2.85 bits per heavy atom. The molecule has 2 aromatic heterocycles. The highest BCUT2D eigenvalue weighted by Gasteiger charge is 2.12. The maximum atomic E-state index is 5.22. The lowest BCUT2D eigenvalue weighted by molar-refractivity contribution is 0.415. The van der Waals surface area contributed by atoms with Gasteiger partial charge in [-0.3, -0.25) is 4.99 Å². The van der Waals surface area contributed by atoms with Crippen molar-refractivity contribution in [2.45, 2.75) is 6.54 Å². The minimum atomic E-state index is 0.708. The molecule has 4 aromatic rings. The first kappa shape index (κ1) is 15.6. The van der Waals surface area contributed by atoms with Crippen molar-refractivity contribution in [3.05, 3.63) is 72.2 Å². The van der Waals surface area contributed by atoms with Gasteiger partial charge >= 0.3 is 0 Å². The fraction of sp³-hybridized carbons (Fsp3) is 0.0952. The molecule has 2 aromatic carbocycles. The summed E-state index contributed by atoms with van der Waals surface area (Å²) in [5.74, 6) is 1.52. The Morgan fingerprint density at radius 1 is 1.11 bits per heavy atom. The Hall–Kier alpha value is -3.67. The average Bonchev–Trinajstić information content (AvgIpc) is 3.37. The van der Waals surface area contributed by atoms with E-state index < -0.39 is 0 Å². The molecular weight excluding hydrogens is 338 g/mol. The molecule has 0 amide bonds. The smallest absolute Gasteiger partial charge is 0.180 e. The van der Waals surface area contributed by atoms with Gasteiger partial charge in [0.2, 0.25) is 0 Å². The molecule has 0 saturated heterocycles. The quantitative estimate of drug-likeness (QED) is 0.599. The van der Waals surface area contributed by atoms with Crippen molar-refractivity contribution >= 4 is 23.4 Å². The average molecular weight is 355 g/mol. The van der Waals surface area contributed by atoms with Crippen LogP contribution in [-0.4, -0.2) is 27.7 Å². The van der Waals surface area contributed by atoms with E-state index in [0.29, 0.717) is 5.82 Å². The third-order valence-electron chi connectivity index (χ3n) is 4.66. The number of aromatic nitrogens is 3. The molecule has 0 unspecified atom stereocenters. The highest BCUT2D eigenvalue weighted by molar-refractivity contribution is 5.86. The van der Waals surface area contributed by atoms with Crippen molar-refractivity contribution in [3.63, 3.8) is 0 Å². The number of hydrogen-bond acceptors (Lipinski definition) is 5. The Kier molecular flexibility index (Phi) is 3.60. The van der Waals surface area contributed by atoms with Crippen LogP contribution in [0.5, 0.6) is 5.75 Å². The Labute approximate surface area is 156 Å². The van der Waals surface area contributed by atoms with Gasteiger partial charge in [-0.05, 0) is 41.5 Å². The van der Waals surface area contributed by atoms with Crippen molar-refractivity contribution in [1.29, 1.82) is 0 Å². The lowest BCUT2D eigenvalue weighted by Crippen LogP contribution is -2.00. The van der Waals surface area contributed by atoms with Crippen molar-refractivity contribution in [2.24, 2.45) is 4.99 Å². The van der Waals surface area contributed by atoms with Crippen LogP contribution in [0.15, 0.2) is 66.0 Å². The number of imidazole rings is 1. The predicted molar refractivity (Wildman–Crippen MR) is 106 cm³/mol. The lowest BCUT2D eigenvalue weighted by atomic mass is 10.0. The molecule has 0 radical (unpaired) electrons. The number of aliphatic imine (C=N–C) groups is 1. The molecule has 0 atom stereocenters. The van der Waals surface area contributed by atoms with Gasteiger partial charge in [-0.25, -0.2) is 9.97 Å². The molecule has 3 heterocycles. The molecular formula is C21H17N5O. The van der Waals surface area contributed by atoms with Crippen LogP contribution in [0.3, 0.4) is 0 Å². The summed E-state index contributed by atoms with van der Waals surface area (Å²) < 4.78 is 7.20. The highest BCUT2D eigenvalue weighted by atomic mass is 16.5. The van der Waals surface area contributed by atoms with E-state index in [0.717, 1.165) is 34.9 Å². The Bertz CT molecular complexity index is 1160. The Morgan fingerprint density at radius 2 is 2.00 bits per heavy atom. The first-order valence-electron chi connectivity index (χ1n) is 8.68. The number of benzene rings is 2. The molecule has 6 heteroatoms. The van der Waals surface area contributed by atoms with E-state index >= 15 is 0 Å². The van der Waals surface area contributed by atoms with Crippen LogP contribution in [-0.2, 0) is 6.54 Å². The van der Waals surface area contributed by atoms with Gasteiger partial charge in [0, 0.05) is 36.1 Å². The summed E-state index contributed by atoms with van der Waals surface area (Å²) in [6, 6.07) is 14.1. The van der Waals surface area contributed by atoms with Crippen LogP contribution in [0.2, 0.25) is 0 Å². The number of hydrogen-bond donors (Lipinski definition) is 1. The summed E-state index contributed by atoms with van der Waals surface area (Å²) in [6.45, 7) is 0.730. The predicted octanol–water partition coefficient (Wildman–Crippen LogP) is 4.08. The van der Waals surface area contributed by atoms with Gasteiger partial charge in [0.1, 0.15) is 5.75 Å². The molecule has 0 fully saturated rings. The normalized spacial score (nSPS) is 12.3. The summed E-state index contributed by atoms with van der Waals surface area (Å²) in [5.41, 5.74) is 6.05. The number of ether oxygens (including phenoxy) is 1. The van der Waals surface area contributed by atoms with Gasteiger partial charge in [0.05, 0.1) is 19.3 Å². The summed E-state index contributed by atoms with van der Waals surface area (Å²) in [5, 5.41) is 3.37. The largest absolute Gasteiger partial charge is 0.497 e. The van der Waals surface area contributed by atoms with Crippen LogP contribution in [0.25, 0.3) is 16.9 Å². The minimum Gasteiger partial charge on any atom is -0.497 e. The molecule has 6 nitrogen and oxygen atoms in total. The molecule has 132 valence electrons. The number of nitrogens with zero attached hydrogens (tertiary/aromatic N) is 4. The van der Waals surface area contributed by atoms with Gasteiger partial charge < -0.3 is 14.5 Å². The SMILES string of the molecule is COc1ccc(Nc2nc(-c3ccc4c(c3)CN=C4)cn3ccnc23)cc1. The second kappa shape index (κ2) is 6.25. The van der Waals surface area contributed by atoms with Gasteiger partial charge in [0.15, 0.2) is 11.5 Å². The summed E-state index contributed by atoms with van der Waals surface area (Å²) in [7, 11) is 1.66. The molecule has 0 bridgehead atoms. The molecule has 0 aliphatic carbocycles. The fourth-order valence-corrected chi connectivity index (χ4v) is 3.24. The van der Waals surface area contributed by atoms with E-state index in [1.165, 1.54) is 11.1 Å². The van der Waals surface area contributed by atoms with Crippen LogP contribution < -0.4 is 10.1 Å². The van der Waals surface area contributed by atoms with Gasteiger partial charge in [-0.2, -0.15) is 0 Å². The standard InChI is InChI=1S/C21H17N5O/c1-27-18-6-4-17(5-7-18)24-20-21-23-8-9-26(21)13-19(25-20)14-2-3-15-11-22-12-16(15)10-14/h2-11,13H,12H2,1H3,(H,24,25). The number of fused-ring (bicyclic) bond motifs is 2. The molecule has 1 aliphatic heterocycles. The van der Waals surface area contributed by atoms with Crippen molar-refractivity contribution in [1.82, 2.24) is 14.4 Å². The maximum absolute atomic E-state index is 5.22. The highest BCUT2D eigenvalue weighted by Crippen LogP contribution is 2.27. The zero-order valence-corrected chi connectivity index (χ0v) is 14.8. The van der Waals surface area contributed by atoms with Crippen LogP contribution in [0.1, 0.15) is 11.1 Å². The van der Waals surface area contributed by atoms with Crippen molar-refractivity contribution < 1.29 is 4.74 Å². The van der Waals surface area contributed by atoms with E-state index in [1.54, 1.807) is 13.3 Å². The topological polar surface area (TPSA) is 63.8 Å². The lowest BCUT2D eigenvalue weighted by Gasteiger charge is -2.11. The van der Waals surface area contributed by atoms with E-state index in [9.17, 15) is 0 Å². The number of methoxy groups -OCH3 is 1. The van der Waals surface area contributed by atoms with E-state index in [2.05, 4.69) is 33.5 Å². The van der Waals surface area contributed by atoms with Gasteiger partial charge in [0.25, 0.3) is 0 Å². The Balaban J connectivity index is 1.56. The maximum Gasteiger partial charge on any atom is 0.180 e. The van der Waals surface area contributed by atoms with E-state index in [-0.39, 0.29) is 0 Å². The van der Waals surface area contributed by atoms with Crippen LogP contribution >= 0.6 is 0 Å². The zero-order chi connectivity index (χ0) is 18.2. The van der Waals surface area contributed by atoms with Crippen LogP contribution in [0, 0.1) is 0 Å². The molecule has 0 spiro atoms. The molecule has 27 heavy (non-hydrogen) atoms. The second-order valence-electron chi connectivity index (χ2n) is 6.37. The molecule has 1 aliphatic rings. The van der Waals surface area contributed by atoms with Gasteiger partial charge in [-0.1, -0.05) is 12.1 Å². The van der Waals surface area contributed by atoms with E-state index in [4.69, 9.17) is 9.72 Å². The zero-order valence-electron chi connectivity index (χ0n) is 14.8. The first-order valence-corrected chi connectivity index (χ1v) is 8.68. The number of rotatable bonds is 4. The minimum absolute atomic E-state index is 0.708. The molecule has 5 rings (SSSR count). The number of anilines is 2. The van der Waals surface area contributed by atoms with Gasteiger partial charge in [-0.15, -0.1) is 0 Å². The fourth-order valence-electron chi connectivity index (χ4n) is 3.24. The van der Waals surface area contributed by atoms with E-state index in [1.807, 2.05) is 47.3 Å². The third kappa shape index (κ3) is 2.81. The van der Waals surface area contributed by atoms with Crippen molar-refractivity contribution in [2.75, 3.05) is 12.4 Å². The molecule has 0 saturated carbocycles.